The molecule has 0 amide bonds. The number of rotatable bonds is 3. The minimum atomic E-state index is -0.431. The Morgan fingerprint density at radius 3 is 2.50 bits per heavy atom. The number of carbonyl (C=O) groups excluding carboxylic acids is 1. The van der Waals surface area contributed by atoms with Gasteiger partial charge in [0, 0.05) is 0 Å². The molecular weight excluding hydrogens is 202 g/mol. The van der Waals surface area contributed by atoms with Crippen molar-refractivity contribution in [3.05, 3.63) is 53.6 Å². The van der Waals surface area contributed by atoms with Gasteiger partial charge in [0.1, 0.15) is 0 Å². The molecule has 1 aromatic rings. The molecule has 0 aliphatic rings. The van der Waals surface area contributed by atoms with Crippen molar-refractivity contribution in [2.75, 3.05) is 7.11 Å². The third-order valence-electron chi connectivity index (χ3n) is 2.00. The van der Waals surface area contributed by atoms with Crippen molar-refractivity contribution in [3.8, 4) is 6.07 Å². The molecule has 0 bridgehead atoms. The van der Waals surface area contributed by atoms with Gasteiger partial charge in [0.25, 0.3) is 0 Å². The van der Waals surface area contributed by atoms with E-state index in [4.69, 9.17) is 5.26 Å². The molecule has 16 heavy (non-hydrogen) atoms. The van der Waals surface area contributed by atoms with Crippen LogP contribution in [0.2, 0.25) is 0 Å². The fourth-order valence-corrected chi connectivity index (χ4v) is 1.15. The molecule has 0 aliphatic heterocycles. The summed E-state index contributed by atoms with van der Waals surface area (Å²) in [5.41, 5.74) is 1.78. The summed E-state index contributed by atoms with van der Waals surface area (Å²) in [4.78, 5) is 11.3. The van der Waals surface area contributed by atoms with Gasteiger partial charge in [0.2, 0.25) is 0 Å². The minimum absolute atomic E-state index is 0.382. The topological polar surface area (TPSA) is 50.1 Å². The van der Waals surface area contributed by atoms with Gasteiger partial charge < -0.3 is 4.74 Å². The number of hydrogen-bond donors (Lipinski definition) is 0. The Hall–Kier alpha value is -2.34. The van der Waals surface area contributed by atoms with E-state index in [1.807, 2.05) is 6.07 Å². The molecule has 0 saturated heterocycles. The number of ether oxygens (including phenoxy) is 1. The van der Waals surface area contributed by atoms with Crippen molar-refractivity contribution < 1.29 is 9.53 Å². The first-order valence-electron chi connectivity index (χ1n) is 4.64. The second-order valence-corrected chi connectivity index (χ2v) is 3.03. The van der Waals surface area contributed by atoms with E-state index in [-0.39, 0.29) is 0 Å². The smallest absolute Gasteiger partial charge is 0.337 e. The highest BCUT2D eigenvalue weighted by atomic mass is 16.5. The van der Waals surface area contributed by atoms with Gasteiger partial charge in [-0.25, -0.2) is 4.79 Å². The summed E-state index contributed by atoms with van der Waals surface area (Å²) in [5, 5.41) is 8.63. The molecule has 0 fully saturated rings. The predicted molar refractivity (Wildman–Crippen MR) is 61.3 cm³/mol. The molecule has 3 nitrogen and oxygen atoms in total. The van der Waals surface area contributed by atoms with Crippen LogP contribution in [0.4, 0.5) is 0 Å². The van der Waals surface area contributed by atoms with Gasteiger partial charge in [0.05, 0.1) is 24.3 Å². The Morgan fingerprint density at radius 1 is 1.44 bits per heavy atom. The largest absolute Gasteiger partial charge is 0.465 e. The Kier molecular flexibility index (Phi) is 4.05. The monoisotopic (exact) mass is 213 g/mol. The molecule has 1 aromatic carbocycles. The number of hydrogen-bond acceptors (Lipinski definition) is 3. The van der Waals surface area contributed by atoms with E-state index in [1.54, 1.807) is 30.3 Å². The number of methoxy groups -OCH3 is 1. The van der Waals surface area contributed by atoms with Gasteiger partial charge in [0.15, 0.2) is 0 Å². The molecule has 0 unspecified atom stereocenters. The molecule has 0 radical (unpaired) electrons. The predicted octanol–water partition coefficient (Wildman–Crippen LogP) is 2.30. The lowest BCUT2D eigenvalue weighted by atomic mass is 10.1. The Balaban J connectivity index is 3.01. The second-order valence-electron chi connectivity index (χ2n) is 3.03. The molecule has 0 aliphatic carbocycles. The fourth-order valence-electron chi connectivity index (χ4n) is 1.15. The van der Waals surface area contributed by atoms with Crippen LogP contribution in [0.15, 0.2) is 42.5 Å². The fraction of sp³-hybridized carbons (Fsp3) is 0.0769. The number of nitriles is 1. The van der Waals surface area contributed by atoms with Crippen LogP contribution in [-0.2, 0) is 9.53 Å². The molecule has 0 atom stereocenters. The van der Waals surface area contributed by atoms with Crippen LogP contribution >= 0.6 is 0 Å². The first-order valence-corrected chi connectivity index (χ1v) is 4.64. The van der Waals surface area contributed by atoms with Gasteiger partial charge in [-0.2, -0.15) is 5.26 Å². The van der Waals surface area contributed by atoms with Crippen LogP contribution in [0.5, 0.6) is 0 Å². The molecule has 0 spiro atoms. The van der Waals surface area contributed by atoms with Crippen molar-refractivity contribution in [2.45, 2.75) is 0 Å². The second kappa shape index (κ2) is 5.52. The standard InChI is InChI=1S/C13H11NO2/c1-3-12(13(15)16-2)8-10-4-6-11(9-14)7-5-10/h3-8H,1H2,2H3/b12-8+. The normalized spacial score (nSPS) is 10.4. The van der Waals surface area contributed by atoms with Crippen LogP contribution in [0.25, 0.3) is 6.08 Å². The van der Waals surface area contributed by atoms with E-state index in [9.17, 15) is 4.79 Å². The molecule has 80 valence electrons. The zero-order chi connectivity index (χ0) is 12.0. The summed E-state index contributed by atoms with van der Waals surface area (Å²) in [7, 11) is 1.32. The maximum absolute atomic E-state index is 11.3. The first kappa shape index (κ1) is 11.7. The molecule has 1 rings (SSSR count). The summed E-state index contributed by atoms with van der Waals surface area (Å²) in [5.74, 6) is -0.431. The summed E-state index contributed by atoms with van der Waals surface area (Å²) < 4.78 is 4.59. The highest BCUT2D eigenvalue weighted by Gasteiger charge is 2.04. The quantitative estimate of drug-likeness (QED) is 0.439. The molecule has 0 aromatic heterocycles. The van der Waals surface area contributed by atoms with Crippen LogP contribution in [0.1, 0.15) is 11.1 Å². The minimum Gasteiger partial charge on any atom is -0.465 e. The van der Waals surface area contributed by atoms with E-state index in [2.05, 4.69) is 11.3 Å². The maximum atomic E-state index is 11.3. The van der Waals surface area contributed by atoms with Gasteiger partial charge in [-0.05, 0) is 23.8 Å². The van der Waals surface area contributed by atoms with Gasteiger partial charge in [-0.15, -0.1) is 0 Å². The van der Waals surface area contributed by atoms with Crippen molar-refractivity contribution in [3.63, 3.8) is 0 Å². The highest BCUT2D eigenvalue weighted by molar-refractivity contribution is 5.96. The van der Waals surface area contributed by atoms with E-state index in [0.717, 1.165) is 5.56 Å². The van der Waals surface area contributed by atoms with Crippen LogP contribution in [-0.4, -0.2) is 13.1 Å². The third-order valence-corrected chi connectivity index (χ3v) is 2.00. The molecular formula is C13H11NO2. The molecule has 0 heterocycles. The lowest BCUT2D eigenvalue weighted by molar-refractivity contribution is -0.135. The third kappa shape index (κ3) is 2.82. The van der Waals surface area contributed by atoms with E-state index < -0.39 is 5.97 Å². The molecule has 0 N–H and O–H groups in total. The number of nitrogens with zero attached hydrogens (tertiary/aromatic N) is 1. The summed E-state index contributed by atoms with van der Waals surface area (Å²) >= 11 is 0. The average Bonchev–Trinajstić information content (AvgIpc) is 2.35. The average molecular weight is 213 g/mol. The highest BCUT2D eigenvalue weighted by Crippen LogP contribution is 2.10. The number of esters is 1. The maximum Gasteiger partial charge on any atom is 0.337 e. The number of benzene rings is 1. The Labute approximate surface area is 94.3 Å². The van der Waals surface area contributed by atoms with Gasteiger partial charge >= 0.3 is 5.97 Å². The van der Waals surface area contributed by atoms with Crippen LogP contribution < -0.4 is 0 Å². The van der Waals surface area contributed by atoms with Gasteiger partial charge in [-0.1, -0.05) is 24.8 Å². The number of carbonyl (C=O) groups is 1. The summed E-state index contributed by atoms with van der Waals surface area (Å²) in [6.07, 6.45) is 3.09. The molecule has 3 heteroatoms. The lowest BCUT2D eigenvalue weighted by Gasteiger charge is -1.99. The van der Waals surface area contributed by atoms with Crippen LogP contribution in [0, 0.1) is 11.3 Å². The van der Waals surface area contributed by atoms with Crippen molar-refractivity contribution in [2.24, 2.45) is 0 Å². The first-order chi connectivity index (χ1) is 7.71. The zero-order valence-electron chi connectivity index (χ0n) is 8.93. The van der Waals surface area contributed by atoms with Crippen LogP contribution in [0.3, 0.4) is 0 Å². The van der Waals surface area contributed by atoms with Crippen molar-refractivity contribution >= 4 is 12.0 Å². The van der Waals surface area contributed by atoms with Gasteiger partial charge in [-0.3, -0.25) is 0 Å². The lowest BCUT2D eigenvalue weighted by Crippen LogP contribution is -2.01. The summed E-state index contributed by atoms with van der Waals surface area (Å²) in [6.45, 7) is 3.54. The van der Waals surface area contributed by atoms with E-state index in [1.165, 1.54) is 13.2 Å². The zero-order valence-corrected chi connectivity index (χ0v) is 8.93. The van der Waals surface area contributed by atoms with E-state index >= 15 is 0 Å². The Bertz CT molecular complexity index is 464. The Morgan fingerprint density at radius 2 is 2.06 bits per heavy atom. The van der Waals surface area contributed by atoms with Crippen molar-refractivity contribution in [1.29, 1.82) is 5.26 Å². The summed E-state index contributed by atoms with van der Waals surface area (Å²) in [6, 6.07) is 8.90. The van der Waals surface area contributed by atoms with E-state index in [0.29, 0.717) is 11.1 Å². The van der Waals surface area contributed by atoms with Crippen molar-refractivity contribution in [1.82, 2.24) is 0 Å². The SMILES string of the molecule is C=C/C(=C\c1ccc(C#N)cc1)C(=O)OC. The molecule has 0 saturated carbocycles.